The lowest BCUT2D eigenvalue weighted by Crippen LogP contribution is -2.47. The SMILES string of the molecule is CN1CCN(C(=O)CI)CC1.NC(=O)CI.O=C(O)C(F)(F)F. The highest BCUT2D eigenvalue weighted by atomic mass is 127. The first-order valence-electron chi connectivity index (χ1n) is 6.12. The number of carboxylic acid groups (broad SMARTS) is 1. The highest BCUT2D eigenvalue weighted by Crippen LogP contribution is 2.13. The third kappa shape index (κ3) is 14.9. The fraction of sp³-hybridized carbons (Fsp3) is 0.727. The zero-order valence-electron chi connectivity index (χ0n) is 12.3. The van der Waals surface area contributed by atoms with Crippen LogP contribution in [0.5, 0.6) is 0 Å². The summed E-state index contributed by atoms with van der Waals surface area (Å²) in [7, 11) is 2.09. The number of amides is 2. The molecule has 0 bridgehead atoms. The molecule has 1 heterocycles. The molecular weight excluding hydrogens is 549 g/mol. The van der Waals surface area contributed by atoms with E-state index >= 15 is 0 Å². The second kappa shape index (κ2) is 13.0. The van der Waals surface area contributed by atoms with Crippen LogP contribution in [0.3, 0.4) is 0 Å². The number of rotatable bonds is 2. The lowest BCUT2D eigenvalue weighted by atomic mass is 10.3. The molecule has 1 rings (SSSR count). The summed E-state index contributed by atoms with van der Waals surface area (Å²) in [6.07, 6.45) is -5.08. The quantitative estimate of drug-likeness (QED) is 0.379. The van der Waals surface area contributed by atoms with E-state index in [1.165, 1.54) is 0 Å². The van der Waals surface area contributed by atoms with Crippen LogP contribution in [0.2, 0.25) is 0 Å². The molecule has 23 heavy (non-hydrogen) atoms. The molecule has 0 spiro atoms. The number of hydrogen-bond donors (Lipinski definition) is 2. The Bertz CT molecular complexity index is 389. The first-order valence-corrected chi connectivity index (χ1v) is 9.17. The van der Waals surface area contributed by atoms with Gasteiger partial charge in [-0.1, -0.05) is 45.2 Å². The molecule has 0 unspecified atom stereocenters. The number of likely N-dealkylation sites (N-methyl/N-ethyl adjacent to an activating group) is 1. The van der Waals surface area contributed by atoms with Crippen LogP contribution in [-0.4, -0.2) is 80.9 Å². The van der Waals surface area contributed by atoms with Crippen molar-refractivity contribution in [2.45, 2.75) is 6.18 Å². The molecule has 0 aromatic heterocycles. The van der Waals surface area contributed by atoms with E-state index < -0.39 is 12.1 Å². The average Bonchev–Trinajstić information content (AvgIpc) is 2.47. The summed E-state index contributed by atoms with van der Waals surface area (Å²) in [5.74, 6) is -2.74. The van der Waals surface area contributed by atoms with E-state index in [9.17, 15) is 22.8 Å². The number of aliphatic carboxylic acids is 1. The van der Waals surface area contributed by atoms with Crippen LogP contribution in [0, 0.1) is 0 Å². The number of primary amides is 1. The van der Waals surface area contributed by atoms with Crippen LogP contribution in [0.15, 0.2) is 0 Å². The van der Waals surface area contributed by atoms with Gasteiger partial charge in [-0.2, -0.15) is 13.2 Å². The highest BCUT2D eigenvalue weighted by Gasteiger charge is 2.38. The van der Waals surface area contributed by atoms with Gasteiger partial charge in [0.1, 0.15) is 0 Å². The summed E-state index contributed by atoms with van der Waals surface area (Å²) >= 11 is 4.02. The molecule has 0 aromatic carbocycles. The van der Waals surface area contributed by atoms with Gasteiger partial charge in [0.15, 0.2) is 0 Å². The average molecular weight is 567 g/mol. The smallest absolute Gasteiger partial charge is 0.475 e. The van der Waals surface area contributed by atoms with Gasteiger partial charge in [0.05, 0.1) is 8.86 Å². The number of nitrogens with two attached hydrogens (primary N) is 1. The number of carbonyl (C=O) groups excluding carboxylic acids is 2. The van der Waals surface area contributed by atoms with Gasteiger partial charge in [-0.3, -0.25) is 9.59 Å². The molecule has 0 aliphatic carbocycles. The third-order valence-corrected chi connectivity index (χ3v) is 3.75. The Labute approximate surface area is 159 Å². The molecule has 12 heteroatoms. The molecule has 136 valence electrons. The van der Waals surface area contributed by atoms with Crippen molar-refractivity contribution in [1.82, 2.24) is 9.80 Å². The normalized spacial score (nSPS) is 14.8. The lowest BCUT2D eigenvalue weighted by molar-refractivity contribution is -0.192. The van der Waals surface area contributed by atoms with Crippen molar-refractivity contribution < 1.29 is 32.7 Å². The number of piperazine rings is 1. The van der Waals surface area contributed by atoms with E-state index in [0.717, 1.165) is 26.2 Å². The van der Waals surface area contributed by atoms with Crippen molar-refractivity contribution in [3.8, 4) is 0 Å². The van der Waals surface area contributed by atoms with Gasteiger partial charge >= 0.3 is 12.1 Å². The summed E-state index contributed by atoms with van der Waals surface area (Å²) in [4.78, 5) is 33.8. The first kappa shape index (κ1) is 24.9. The molecule has 1 aliphatic heterocycles. The summed E-state index contributed by atoms with van der Waals surface area (Å²) in [6.45, 7) is 3.83. The van der Waals surface area contributed by atoms with Crippen LogP contribution >= 0.6 is 45.2 Å². The standard InChI is InChI=1S/C7H13IN2O.C2HF3O2.C2H4INO/c1-9-2-4-10(5-3-9)7(11)6-8;3-2(4,5)1(6)7;3-1-2(4)5/h2-6H2,1H3;(H,6,7);1H2,(H2,4,5). The minimum Gasteiger partial charge on any atom is -0.475 e. The minimum atomic E-state index is -5.08. The number of halogens is 5. The Morgan fingerprint density at radius 1 is 1.09 bits per heavy atom. The first-order chi connectivity index (χ1) is 10.4. The third-order valence-electron chi connectivity index (χ3n) is 2.34. The summed E-state index contributed by atoms with van der Waals surface area (Å²) in [6, 6.07) is 0. The van der Waals surface area contributed by atoms with Gasteiger partial charge < -0.3 is 20.6 Å². The van der Waals surface area contributed by atoms with Crippen molar-refractivity contribution in [2.75, 3.05) is 42.1 Å². The van der Waals surface area contributed by atoms with E-state index in [4.69, 9.17) is 9.90 Å². The Morgan fingerprint density at radius 3 is 1.65 bits per heavy atom. The predicted octanol–water partition coefficient (Wildman–Crippen LogP) is 0.735. The molecule has 0 radical (unpaired) electrons. The van der Waals surface area contributed by atoms with Crippen molar-refractivity contribution in [2.24, 2.45) is 5.73 Å². The van der Waals surface area contributed by atoms with Crippen molar-refractivity contribution in [3.05, 3.63) is 0 Å². The van der Waals surface area contributed by atoms with E-state index in [0.29, 0.717) is 8.86 Å². The number of hydrogen-bond acceptors (Lipinski definition) is 4. The molecule has 0 atom stereocenters. The molecule has 0 saturated carbocycles. The van der Waals surface area contributed by atoms with Gasteiger partial charge in [-0.15, -0.1) is 0 Å². The Kier molecular flexibility index (Phi) is 14.0. The maximum atomic E-state index is 11.2. The number of alkyl halides is 5. The van der Waals surface area contributed by atoms with Gasteiger partial charge in [0.25, 0.3) is 0 Å². The molecule has 3 N–H and O–H groups in total. The second-order valence-corrected chi connectivity index (χ2v) is 5.75. The van der Waals surface area contributed by atoms with Crippen LogP contribution in [0.1, 0.15) is 0 Å². The van der Waals surface area contributed by atoms with Gasteiger partial charge in [-0.05, 0) is 7.05 Å². The van der Waals surface area contributed by atoms with Crippen molar-refractivity contribution in [3.63, 3.8) is 0 Å². The molecule has 2 amide bonds. The van der Waals surface area contributed by atoms with E-state index in [2.05, 4.69) is 40.3 Å². The zero-order valence-corrected chi connectivity index (χ0v) is 16.6. The second-order valence-electron chi connectivity index (χ2n) is 4.22. The topological polar surface area (TPSA) is 104 Å². The van der Waals surface area contributed by atoms with Crippen molar-refractivity contribution in [1.29, 1.82) is 0 Å². The maximum Gasteiger partial charge on any atom is 0.490 e. The number of carbonyl (C=O) groups is 3. The van der Waals surface area contributed by atoms with E-state index in [1.807, 2.05) is 27.5 Å². The van der Waals surface area contributed by atoms with Crippen LogP contribution in [-0.2, 0) is 14.4 Å². The number of carboxylic acids is 1. The molecule has 1 saturated heterocycles. The Balaban J connectivity index is 0. The van der Waals surface area contributed by atoms with Gasteiger partial charge in [0.2, 0.25) is 11.8 Å². The maximum absolute atomic E-state index is 11.2. The summed E-state index contributed by atoms with van der Waals surface area (Å²) in [5, 5.41) is 7.12. The molecule has 7 nitrogen and oxygen atoms in total. The number of nitrogens with zero attached hydrogens (tertiary/aromatic N) is 2. The Hall–Kier alpha value is -0.380. The van der Waals surface area contributed by atoms with E-state index in [-0.39, 0.29) is 11.8 Å². The fourth-order valence-corrected chi connectivity index (χ4v) is 1.62. The predicted molar refractivity (Wildman–Crippen MR) is 94.7 cm³/mol. The van der Waals surface area contributed by atoms with Crippen molar-refractivity contribution >= 4 is 63.0 Å². The molecule has 0 aromatic rings. The largest absolute Gasteiger partial charge is 0.490 e. The fourth-order valence-electron chi connectivity index (χ4n) is 1.14. The van der Waals surface area contributed by atoms with Gasteiger partial charge in [0, 0.05) is 26.2 Å². The molecular formula is C11H18F3I2N3O4. The highest BCUT2D eigenvalue weighted by molar-refractivity contribution is 14.1. The van der Waals surface area contributed by atoms with E-state index in [1.54, 1.807) is 0 Å². The summed E-state index contributed by atoms with van der Waals surface area (Å²) < 4.78 is 32.8. The van der Waals surface area contributed by atoms with Gasteiger partial charge in [-0.25, -0.2) is 4.79 Å². The van der Waals surface area contributed by atoms with Crippen LogP contribution in [0.4, 0.5) is 13.2 Å². The van der Waals surface area contributed by atoms with Crippen LogP contribution < -0.4 is 5.73 Å². The van der Waals surface area contributed by atoms with Crippen LogP contribution in [0.25, 0.3) is 0 Å². The Morgan fingerprint density at radius 2 is 1.43 bits per heavy atom. The summed E-state index contributed by atoms with van der Waals surface area (Å²) in [5.41, 5.74) is 4.65. The minimum absolute atomic E-state index is 0.259. The lowest BCUT2D eigenvalue weighted by Gasteiger charge is -2.31. The monoisotopic (exact) mass is 567 g/mol. The zero-order chi connectivity index (χ0) is 18.6. The molecule has 1 aliphatic rings. The molecule has 1 fully saturated rings.